The van der Waals surface area contributed by atoms with Gasteiger partial charge in [-0.05, 0) is 30.3 Å². The second-order valence-electron chi connectivity index (χ2n) is 6.83. The number of pyridine rings is 1. The normalized spacial score (nSPS) is 11.1. The standard InChI is InChI=1S/C25H20N2O2/c1-28-17-11-12-21(22-15-18(29-2)13-14-26-22)25(16-17)27-23-9-5-3-7-19(23)20-8-4-6-10-24(20)27/h3-16H,1-2H3. The first-order chi connectivity index (χ1) is 14.3. The molecule has 0 aliphatic carbocycles. The summed E-state index contributed by atoms with van der Waals surface area (Å²) in [4.78, 5) is 4.61. The number of hydrogen-bond donors (Lipinski definition) is 0. The van der Waals surface area contributed by atoms with Crippen molar-refractivity contribution < 1.29 is 9.47 Å². The predicted molar refractivity (Wildman–Crippen MR) is 117 cm³/mol. The van der Waals surface area contributed by atoms with Gasteiger partial charge in [0.15, 0.2) is 0 Å². The molecule has 4 heteroatoms. The molecule has 2 aromatic heterocycles. The Balaban J connectivity index is 1.88. The molecule has 0 aliphatic rings. The van der Waals surface area contributed by atoms with E-state index in [0.717, 1.165) is 39.5 Å². The van der Waals surface area contributed by atoms with Crippen LogP contribution >= 0.6 is 0 Å². The minimum Gasteiger partial charge on any atom is -0.497 e. The van der Waals surface area contributed by atoms with E-state index in [2.05, 4.69) is 70.2 Å². The van der Waals surface area contributed by atoms with Gasteiger partial charge in [-0.15, -0.1) is 0 Å². The Morgan fingerprint density at radius 2 is 1.31 bits per heavy atom. The van der Waals surface area contributed by atoms with Crippen LogP contribution in [0.3, 0.4) is 0 Å². The van der Waals surface area contributed by atoms with Crippen LogP contribution < -0.4 is 9.47 Å². The molecule has 4 nitrogen and oxygen atoms in total. The summed E-state index contributed by atoms with van der Waals surface area (Å²) in [5.41, 5.74) is 5.17. The van der Waals surface area contributed by atoms with Crippen LogP contribution in [0.5, 0.6) is 11.5 Å². The molecule has 0 N–H and O–H groups in total. The van der Waals surface area contributed by atoms with Crippen LogP contribution in [0.2, 0.25) is 0 Å². The van der Waals surface area contributed by atoms with E-state index < -0.39 is 0 Å². The van der Waals surface area contributed by atoms with Crippen molar-refractivity contribution in [2.45, 2.75) is 0 Å². The van der Waals surface area contributed by atoms with Crippen molar-refractivity contribution in [2.24, 2.45) is 0 Å². The van der Waals surface area contributed by atoms with E-state index in [-0.39, 0.29) is 0 Å². The van der Waals surface area contributed by atoms with Crippen LogP contribution in [0.15, 0.2) is 85.1 Å². The highest BCUT2D eigenvalue weighted by Crippen LogP contribution is 2.37. The van der Waals surface area contributed by atoms with Gasteiger partial charge in [0, 0.05) is 34.7 Å². The van der Waals surface area contributed by atoms with Crippen LogP contribution in [0, 0.1) is 0 Å². The quantitative estimate of drug-likeness (QED) is 0.392. The van der Waals surface area contributed by atoms with E-state index >= 15 is 0 Å². The molecule has 29 heavy (non-hydrogen) atoms. The van der Waals surface area contributed by atoms with Crippen LogP contribution in [-0.2, 0) is 0 Å². The largest absolute Gasteiger partial charge is 0.497 e. The maximum atomic E-state index is 5.55. The highest BCUT2D eigenvalue weighted by Gasteiger charge is 2.17. The number of nitrogens with zero attached hydrogens (tertiary/aromatic N) is 2. The topological polar surface area (TPSA) is 36.3 Å². The maximum Gasteiger partial charge on any atom is 0.122 e. The molecule has 5 rings (SSSR count). The highest BCUT2D eigenvalue weighted by molar-refractivity contribution is 6.09. The number of methoxy groups -OCH3 is 2. The van der Waals surface area contributed by atoms with Gasteiger partial charge in [-0.25, -0.2) is 0 Å². The SMILES string of the molecule is COc1ccnc(-c2ccc(OC)cc2-n2c3ccccc3c3ccccc32)c1. The summed E-state index contributed by atoms with van der Waals surface area (Å²) >= 11 is 0. The molecular formula is C25H20N2O2. The summed E-state index contributed by atoms with van der Waals surface area (Å²) in [5, 5.41) is 2.44. The number of aromatic nitrogens is 2. The lowest BCUT2D eigenvalue weighted by Crippen LogP contribution is -1.99. The summed E-state index contributed by atoms with van der Waals surface area (Å²) in [6.07, 6.45) is 1.77. The second-order valence-corrected chi connectivity index (χ2v) is 6.83. The van der Waals surface area contributed by atoms with E-state index in [1.165, 1.54) is 10.8 Å². The van der Waals surface area contributed by atoms with Gasteiger partial charge in [0.2, 0.25) is 0 Å². The number of benzene rings is 3. The Labute approximate surface area is 169 Å². The lowest BCUT2D eigenvalue weighted by atomic mass is 10.1. The molecule has 0 bridgehead atoms. The molecule has 0 spiro atoms. The van der Waals surface area contributed by atoms with Gasteiger partial charge >= 0.3 is 0 Å². The van der Waals surface area contributed by atoms with Gasteiger partial charge < -0.3 is 14.0 Å². The molecule has 0 saturated heterocycles. The first kappa shape index (κ1) is 17.3. The Kier molecular flexibility index (Phi) is 4.17. The Morgan fingerprint density at radius 1 is 0.690 bits per heavy atom. The van der Waals surface area contributed by atoms with Gasteiger partial charge in [0.25, 0.3) is 0 Å². The molecule has 0 amide bonds. The van der Waals surface area contributed by atoms with E-state index in [0.29, 0.717) is 0 Å². The third-order valence-corrected chi connectivity index (χ3v) is 5.27. The number of para-hydroxylation sites is 2. The minimum absolute atomic E-state index is 0.777. The third-order valence-electron chi connectivity index (χ3n) is 5.27. The molecule has 0 unspecified atom stereocenters. The molecule has 2 heterocycles. The molecule has 0 radical (unpaired) electrons. The van der Waals surface area contributed by atoms with E-state index in [1.807, 2.05) is 18.2 Å². The van der Waals surface area contributed by atoms with Crippen molar-refractivity contribution in [3.8, 4) is 28.4 Å². The van der Waals surface area contributed by atoms with Crippen LogP contribution in [0.25, 0.3) is 38.8 Å². The second kappa shape index (κ2) is 6.99. The van der Waals surface area contributed by atoms with Crippen molar-refractivity contribution in [3.63, 3.8) is 0 Å². The Morgan fingerprint density at radius 3 is 1.97 bits per heavy atom. The van der Waals surface area contributed by atoms with Crippen molar-refractivity contribution >= 4 is 21.8 Å². The smallest absolute Gasteiger partial charge is 0.122 e. The van der Waals surface area contributed by atoms with Crippen molar-refractivity contribution in [1.82, 2.24) is 9.55 Å². The monoisotopic (exact) mass is 380 g/mol. The van der Waals surface area contributed by atoms with Gasteiger partial charge in [-0.3, -0.25) is 4.98 Å². The van der Waals surface area contributed by atoms with E-state index in [4.69, 9.17) is 9.47 Å². The Bertz CT molecular complexity index is 1280. The summed E-state index contributed by atoms with van der Waals surface area (Å²) in [6.45, 7) is 0. The minimum atomic E-state index is 0.777. The molecule has 0 aliphatic heterocycles. The third kappa shape index (κ3) is 2.81. The van der Waals surface area contributed by atoms with Gasteiger partial charge in [-0.1, -0.05) is 36.4 Å². The molecule has 3 aromatic carbocycles. The predicted octanol–water partition coefficient (Wildman–Crippen LogP) is 5.86. The average molecular weight is 380 g/mol. The molecule has 0 atom stereocenters. The Hall–Kier alpha value is -3.79. The van der Waals surface area contributed by atoms with Gasteiger partial charge in [0.05, 0.1) is 36.6 Å². The van der Waals surface area contributed by atoms with Crippen molar-refractivity contribution in [2.75, 3.05) is 14.2 Å². The molecule has 0 saturated carbocycles. The summed E-state index contributed by atoms with van der Waals surface area (Å²) in [6, 6.07) is 26.8. The van der Waals surface area contributed by atoms with Gasteiger partial charge in [0.1, 0.15) is 11.5 Å². The van der Waals surface area contributed by atoms with Crippen molar-refractivity contribution in [3.05, 3.63) is 85.1 Å². The van der Waals surface area contributed by atoms with Crippen LogP contribution in [-0.4, -0.2) is 23.8 Å². The van der Waals surface area contributed by atoms with E-state index in [9.17, 15) is 0 Å². The zero-order valence-corrected chi connectivity index (χ0v) is 16.3. The number of fused-ring (bicyclic) bond motifs is 3. The molecule has 142 valence electrons. The zero-order chi connectivity index (χ0) is 19.8. The van der Waals surface area contributed by atoms with Crippen LogP contribution in [0.4, 0.5) is 0 Å². The van der Waals surface area contributed by atoms with Crippen molar-refractivity contribution in [1.29, 1.82) is 0 Å². The lowest BCUT2D eigenvalue weighted by molar-refractivity contribution is 0.414. The fourth-order valence-electron chi connectivity index (χ4n) is 3.91. The lowest BCUT2D eigenvalue weighted by Gasteiger charge is -2.15. The average Bonchev–Trinajstić information content (AvgIpc) is 3.13. The molecular weight excluding hydrogens is 360 g/mol. The number of rotatable bonds is 4. The van der Waals surface area contributed by atoms with Crippen LogP contribution in [0.1, 0.15) is 0 Å². The molecule has 0 fully saturated rings. The fraction of sp³-hybridized carbons (Fsp3) is 0.0800. The highest BCUT2D eigenvalue weighted by atomic mass is 16.5. The zero-order valence-electron chi connectivity index (χ0n) is 16.3. The van der Waals surface area contributed by atoms with Gasteiger partial charge in [-0.2, -0.15) is 0 Å². The number of hydrogen-bond acceptors (Lipinski definition) is 3. The first-order valence-corrected chi connectivity index (χ1v) is 9.47. The fourth-order valence-corrected chi connectivity index (χ4v) is 3.91. The maximum absolute atomic E-state index is 5.55. The summed E-state index contributed by atoms with van der Waals surface area (Å²) in [5.74, 6) is 1.58. The summed E-state index contributed by atoms with van der Waals surface area (Å²) < 4.78 is 13.3. The number of ether oxygens (including phenoxy) is 2. The first-order valence-electron chi connectivity index (χ1n) is 9.47. The van der Waals surface area contributed by atoms with E-state index in [1.54, 1.807) is 20.4 Å². The molecule has 5 aromatic rings. The summed E-state index contributed by atoms with van der Waals surface area (Å²) in [7, 11) is 3.36.